The molecule has 2 heterocycles. The summed E-state index contributed by atoms with van der Waals surface area (Å²) in [6.45, 7) is 2.94. The van der Waals surface area contributed by atoms with E-state index in [-0.39, 0.29) is 0 Å². The molecule has 2 aliphatic heterocycles. The highest BCUT2D eigenvalue weighted by atomic mass is 16.7. The minimum atomic E-state index is -1.45. The fourth-order valence-corrected chi connectivity index (χ4v) is 3.79. The number of allylic oxidation sites excluding steroid dienone is 1. The Morgan fingerprint density at radius 2 is 1.45 bits per heavy atom. The molecular formula is C21H38O10. The number of rotatable bonds is 15. The van der Waals surface area contributed by atoms with Crippen LogP contribution >= 0.6 is 0 Å². The highest BCUT2D eigenvalue weighted by molar-refractivity contribution is 4.93. The molecule has 1 unspecified atom stereocenters. The minimum Gasteiger partial charge on any atom is -0.394 e. The quantitative estimate of drug-likeness (QED) is 0.138. The normalized spacial score (nSPS) is 36.7. The molecule has 182 valence electrons. The molecule has 0 amide bonds. The molecule has 6 N–H and O–H groups in total. The predicted molar refractivity (Wildman–Crippen MR) is 109 cm³/mol. The standard InChI is InChI=1S/C21H38O10/c1-2-3-4-5-6-7-8-9-10-28-20-18(27)16(25)19(31-20)14(12-23)30-21-17(26)15(24)13(11-22)29-21/h2,13-27H,1,3-12H2/t13-,14-,15-,16-,17+,18-,19+,20?,21-/m1/s1. The van der Waals surface area contributed by atoms with Gasteiger partial charge in [-0.15, -0.1) is 6.58 Å². The molecule has 2 rings (SSSR count). The van der Waals surface area contributed by atoms with E-state index in [1.54, 1.807) is 0 Å². The first kappa shape index (κ1) is 26.6. The van der Waals surface area contributed by atoms with E-state index in [4.69, 9.17) is 24.1 Å². The summed E-state index contributed by atoms with van der Waals surface area (Å²) in [5.41, 5.74) is 0. The van der Waals surface area contributed by atoms with Gasteiger partial charge in [-0.3, -0.25) is 0 Å². The predicted octanol–water partition coefficient (Wildman–Crippen LogP) is -0.817. The lowest BCUT2D eigenvalue weighted by Crippen LogP contribution is -2.46. The second-order valence-electron chi connectivity index (χ2n) is 8.08. The van der Waals surface area contributed by atoms with Crippen molar-refractivity contribution in [2.75, 3.05) is 19.8 Å². The molecule has 0 aromatic heterocycles. The second-order valence-corrected chi connectivity index (χ2v) is 8.08. The van der Waals surface area contributed by atoms with Crippen molar-refractivity contribution in [1.82, 2.24) is 0 Å². The number of hydrogen-bond donors (Lipinski definition) is 6. The summed E-state index contributed by atoms with van der Waals surface area (Å²) in [5, 5.41) is 59.2. The van der Waals surface area contributed by atoms with Gasteiger partial charge in [0.15, 0.2) is 12.6 Å². The number of aliphatic hydroxyl groups excluding tert-OH is 6. The molecule has 0 aliphatic carbocycles. The minimum absolute atomic E-state index is 0.354. The van der Waals surface area contributed by atoms with Crippen molar-refractivity contribution in [3.63, 3.8) is 0 Å². The molecule has 0 bridgehead atoms. The van der Waals surface area contributed by atoms with Crippen molar-refractivity contribution in [1.29, 1.82) is 0 Å². The van der Waals surface area contributed by atoms with E-state index in [1.165, 1.54) is 6.42 Å². The number of aliphatic hydroxyl groups is 6. The third-order valence-corrected chi connectivity index (χ3v) is 5.70. The molecule has 9 atom stereocenters. The van der Waals surface area contributed by atoms with Gasteiger partial charge in [0.05, 0.1) is 13.2 Å². The van der Waals surface area contributed by atoms with Gasteiger partial charge in [-0.25, -0.2) is 0 Å². The summed E-state index contributed by atoms with van der Waals surface area (Å²) >= 11 is 0. The summed E-state index contributed by atoms with van der Waals surface area (Å²) in [4.78, 5) is 0. The van der Waals surface area contributed by atoms with Crippen LogP contribution in [0.1, 0.15) is 44.9 Å². The van der Waals surface area contributed by atoms with Gasteiger partial charge in [0.25, 0.3) is 0 Å². The number of unbranched alkanes of at least 4 members (excludes halogenated alkanes) is 6. The van der Waals surface area contributed by atoms with Crippen LogP contribution < -0.4 is 0 Å². The highest BCUT2D eigenvalue weighted by Crippen LogP contribution is 2.29. The van der Waals surface area contributed by atoms with Crippen LogP contribution in [0.4, 0.5) is 0 Å². The van der Waals surface area contributed by atoms with Gasteiger partial charge in [0, 0.05) is 6.61 Å². The maximum Gasteiger partial charge on any atom is 0.187 e. The summed E-state index contributed by atoms with van der Waals surface area (Å²) in [6, 6.07) is 0. The Hall–Kier alpha value is -0.660. The number of hydrogen-bond acceptors (Lipinski definition) is 10. The topological polar surface area (TPSA) is 158 Å². The van der Waals surface area contributed by atoms with Crippen molar-refractivity contribution >= 4 is 0 Å². The Labute approximate surface area is 183 Å². The van der Waals surface area contributed by atoms with E-state index in [9.17, 15) is 25.5 Å². The van der Waals surface area contributed by atoms with Crippen LogP contribution in [0.15, 0.2) is 12.7 Å². The summed E-state index contributed by atoms with van der Waals surface area (Å²) in [7, 11) is 0. The lowest BCUT2D eigenvalue weighted by molar-refractivity contribution is -0.240. The zero-order chi connectivity index (χ0) is 22.8. The maximum absolute atomic E-state index is 10.3. The molecule has 0 radical (unpaired) electrons. The molecule has 0 aromatic rings. The highest BCUT2D eigenvalue weighted by Gasteiger charge is 2.50. The van der Waals surface area contributed by atoms with Crippen molar-refractivity contribution in [3.05, 3.63) is 12.7 Å². The van der Waals surface area contributed by atoms with Gasteiger partial charge < -0.3 is 49.6 Å². The SMILES string of the molecule is C=CCCCCCCCCOC1O[C@@H]([C@@H](CO)O[C@H]2O[C@H](CO)[C@@H](O)[C@@H]2O)[C@H](O)[C@H]1O. The first-order valence-electron chi connectivity index (χ1n) is 11.1. The molecule has 0 spiro atoms. The lowest BCUT2D eigenvalue weighted by atomic mass is 10.1. The fraction of sp³-hybridized carbons (Fsp3) is 0.905. The van der Waals surface area contributed by atoms with E-state index < -0.39 is 68.5 Å². The summed E-state index contributed by atoms with van der Waals surface area (Å²) < 4.78 is 21.8. The van der Waals surface area contributed by atoms with Crippen LogP contribution in [0.5, 0.6) is 0 Å². The Balaban J connectivity index is 1.74. The molecule has 0 saturated carbocycles. The van der Waals surface area contributed by atoms with Gasteiger partial charge >= 0.3 is 0 Å². The van der Waals surface area contributed by atoms with E-state index in [0.29, 0.717) is 6.61 Å². The molecule has 0 aromatic carbocycles. The van der Waals surface area contributed by atoms with Crippen molar-refractivity contribution in [2.24, 2.45) is 0 Å². The molecule has 2 saturated heterocycles. The van der Waals surface area contributed by atoms with Crippen LogP contribution in [0, 0.1) is 0 Å². The Morgan fingerprint density at radius 3 is 2.06 bits per heavy atom. The van der Waals surface area contributed by atoms with Crippen LogP contribution in [-0.4, -0.2) is 106 Å². The van der Waals surface area contributed by atoms with Crippen LogP contribution in [0.2, 0.25) is 0 Å². The second kappa shape index (κ2) is 13.8. The zero-order valence-electron chi connectivity index (χ0n) is 17.9. The largest absolute Gasteiger partial charge is 0.394 e. The van der Waals surface area contributed by atoms with Crippen molar-refractivity contribution in [3.8, 4) is 0 Å². The van der Waals surface area contributed by atoms with E-state index in [1.807, 2.05) is 6.08 Å². The van der Waals surface area contributed by atoms with E-state index in [0.717, 1.165) is 38.5 Å². The van der Waals surface area contributed by atoms with Gasteiger partial charge in [-0.2, -0.15) is 0 Å². The van der Waals surface area contributed by atoms with Gasteiger partial charge in [0.1, 0.15) is 42.7 Å². The van der Waals surface area contributed by atoms with Gasteiger partial charge in [0.2, 0.25) is 0 Å². The monoisotopic (exact) mass is 450 g/mol. The van der Waals surface area contributed by atoms with Crippen molar-refractivity contribution < 1.29 is 49.6 Å². The first-order chi connectivity index (χ1) is 14.9. The Bertz CT molecular complexity index is 507. The third-order valence-electron chi connectivity index (χ3n) is 5.70. The van der Waals surface area contributed by atoms with Crippen LogP contribution in [0.3, 0.4) is 0 Å². The average molecular weight is 451 g/mol. The summed E-state index contributed by atoms with van der Waals surface area (Å²) in [6.07, 6.45) is -1.94. The Morgan fingerprint density at radius 1 is 0.806 bits per heavy atom. The Kier molecular flexibility index (Phi) is 11.8. The third kappa shape index (κ3) is 7.43. The smallest absolute Gasteiger partial charge is 0.187 e. The van der Waals surface area contributed by atoms with E-state index >= 15 is 0 Å². The van der Waals surface area contributed by atoms with Gasteiger partial charge in [-0.05, 0) is 19.3 Å². The molecule has 2 fully saturated rings. The molecule has 10 nitrogen and oxygen atoms in total. The summed E-state index contributed by atoms with van der Waals surface area (Å²) in [5.74, 6) is 0. The molecule has 10 heteroatoms. The first-order valence-corrected chi connectivity index (χ1v) is 11.1. The van der Waals surface area contributed by atoms with Crippen molar-refractivity contribution in [2.45, 2.75) is 100 Å². The lowest BCUT2D eigenvalue weighted by Gasteiger charge is -2.27. The number of ether oxygens (including phenoxy) is 4. The van der Waals surface area contributed by atoms with E-state index in [2.05, 4.69) is 6.58 Å². The maximum atomic E-state index is 10.3. The molecule has 31 heavy (non-hydrogen) atoms. The van der Waals surface area contributed by atoms with Crippen LogP contribution in [-0.2, 0) is 18.9 Å². The zero-order valence-corrected chi connectivity index (χ0v) is 17.9. The average Bonchev–Trinajstić information content (AvgIpc) is 3.21. The van der Waals surface area contributed by atoms with Gasteiger partial charge in [-0.1, -0.05) is 31.8 Å². The van der Waals surface area contributed by atoms with Crippen LogP contribution in [0.25, 0.3) is 0 Å². The fourth-order valence-electron chi connectivity index (χ4n) is 3.79. The molecular weight excluding hydrogens is 412 g/mol. The molecule has 2 aliphatic rings.